The molecule has 0 bridgehead atoms. The maximum Gasteiger partial charge on any atom is 0.254 e. The number of phenols is 1. The van der Waals surface area contributed by atoms with Gasteiger partial charge in [-0.3, -0.25) is 29.0 Å². The zero-order chi connectivity index (χ0) is 30.5. The van der Waals surface area contributed by atoms with Crippen LogP contribution in [0, 0.1) is 21.3 Å². The smallest absolute Gasteiger partial charge is 0.254 e. The van der Waals surface area contributed by atoms with E-state index in [2.05, 4.69) is 70.4 Å². The minimum Gasteiger partial charge on any atom is -0.503 e. The van der Waals surface area contributed by atoms with Crippen molar-refractivity contribution < 1.29 is 29.0 Å². The topological polar surface area (TPSA) is 104 Å². The van der Waals surface area contributed by atoms with Crippen LogP contribution in [0.2, 0.25) is 0 Å². The van der Waals surface area contributed by atoms with Gasteiger partial charge in [0.25, 0.3) is 11.8 Å². The maximum atomic E-state index is 14.1. The van der Waals surface area contributed by atoms with Gasteiger partial charge in [0.15, 0.2) is 21.2 Å². The first-order chi connectivity index (χ1) is 19.8. The average molecular weight is 918 g/mol. The Bertz CT molecular complexity index is 1620. The van der Waals surface area contributed by atoms with Crippen molar-refractivity contribution in [3.8, 4) is 11.5 Å². The Kier molecular flexibility index (Phi) is 7.86. The van der Waals surface area contributed by atoms with Crippen molar-refractivity contribution in [1.29, 1.82) is 0 Å². The van der Waals surface area contributed by atoms with E-state index in [9.17, 15) is 24.3 Å². The van der Waals surface area contributed by atoms with Gasteiger partial charge >= 0.3 is 0 Å². The molecule has 4 aliphatic rings. The first kappa shape index (κ1) is 30.8. The van der Waals surface area contributed by atoms with Gasteiger partial charge in [0.05, 0.1) is 34.6 Å². The van der Waals surface area contributed by atoms with Crippen LogP contribution in [-0.2, 0) is 19.2 Å². The molecule has 2 aromatic carbocycles. The largest absolute Gasteiger partial charge is 0.503 e. The predicted octanol–water partition coefficient (Wildman–Crippen LogP) is 6.45. The minimum atomic E-state index is -1.99. The van der Waals surface area contributed by atoms with E-state index in [1.54, 1.807) is 18.2 Å². The normalized spacial score (nSPS) is 32.1. The van der Waals surface area contributed by atoms with E-state index in [0.717, 1.165) is 8.47 Å². The fourth-order valence-electron chi connectivity index (χ4n) is 6.92. The fourth-order valence-corrected chi connectivity index (χ4v) is 9.65. The summed E-state index contributed by atoms with van der Waals surface area (Å²) in [5.41, 5.74) is 1.40. The van der Waals surface area contributed by atoms with E-state index in [4.69, 9.17) is 27.9 Å². The third-order valence-corrected chi connectivity index (χ3v) is 13.6. The number of imide groups is 2. The highest BCUT2D eigenvalue weighted by Crippen LogP contribution is 2.66. The zero-order valence-corrected chi connectivity index (χ0v) is 30.0. The molecule has 2 saturated heterocycles. The number of hydrogen-bond donors (Lipinski definition) is 1. The average Bonchev–Trinajstić information content (AvgIpc) is 3.30. The number of anilines is 1. The number of aromatic hydroxyl groups is 1. The number of benzene rings is 2. The zero-order valence-electron chi connectivity index (χ0n) is 21.5. The van der Waals surface area contributed by atoms with Gasteiger partial charge in [-0.05, 0) is 109 Å². The Hall–Kier alpha value is -1.19. The molecule has 8 nitrogen and oxygen atoms in total. The Morgan fingerprint density at radius 3 is 2.33 bits per heavy atom. The molecule has 3 fully saturated rings. The van der Waals surface area contributed by atoms with Crippen LogP contribution in [0.15, 0.2) is 50.9 Å². The fraction of sp³-hybridized carbons (Fsp3) is 0.357. The molecule has 42 heavy (non-hydrogen) atoms. The Morgan fingerprint density at radius 1 is 1.05 bits per heavy atom. The summed E-state index contributed by atoms with van der Waals surface area (Å²) in [6.45, 7) is 0. The molecule has 2 aliphatic heterocycles. The van der Waals surface area contributed by atoms with Gasteiger partial charge in [0.1, 0.15) is 0 Å². The second-order valence-electron chi connectivity index (χ2n) is 10.6. The predicted molar refractivity (Wildman–Crippen MR) is 175 cm³/mol. The molecular weight excluding hydrogens is 898 g/mol. The third-order valence-electron chi connectivity index (χ3n) is 8.80. The molecule has 2 aliphatic carbocycles. The van der Waals surface area contributed by atoms with Gasteiger partial charge in [-0.2, -0.15) is 0 Å². The number of likely N-dealkylation sites (tertiary alicyclic amines) is 1. The molecule has 0 radical (unpaired) electrons. The molecule has 4 amide bonds. The Morgan fingerprint density at radius 2 is 1.71 bits per heavy atom. The summed E-state index contributed by atoms with van der Waals surface area (Å²) in [5.74, 6) is -5.35. The molecule has 0 aromatic heterocycles. The van der Waals surface area contributed by atoms with E-state index in [0.29, 0.717) is 21.3 Å². The summed E-state index contributed by atoms with van der Waals surface area (Å²) >= 11 is 26.9. The van der Waals surface area contributed by atoms with E-state index < -0.39 is 45.2 Å². The van der Waals surface area contributed by atoms with Crippen molar-refractivity contribution in [3.63, 3.8) is 0 Å². The molecule has 1 N–H and O–H groups in total. The summed E-state index contributed by atoms with van der Waals surface area (Å²) in [5, 5.41) is 10.7. The quantitative estimate of drug-likeness (QED) is 0.125. The van der Waals surface area contributed by atoms with Crippen LogP contribution in [0.25, 0.3) is 0 Å². The lowest BCUT2D eigenvalue weighted by molar-refractivity contribution is -0.138. The van der Waals surface area contributed by atoms with Crippen molar-refractivity contribution in [1.82, 2.24) is 4.90 Å². The second-order valence-corrected chi connectivity index (χ2v) is 15.2. The number of rotatable bonds is 4. The monoisotopic (exact) mass is 914 g/mol. The highest BCUT2D eigenvalue weighted by atomic mass is 127. The summed E-state index contributed by atoms with van der Waals surface area (Å²) in [4.78, 5) is 53.9. The standard InChI is InChI=1S/C28H20Br3Cl2IN2O6/c1-42-17-8-15(20(30)21(31)22(17)37)19-13-6-7-14-18(24(39)36(23(14)38)12-4-2-11(34)3-5-12)16(13)9-27(32)25(40)35(10-29)26(41)28(19,27)33/h2-6,8,14,16,18-19,37H,7,9-10H2,1H3. The first-order valence-electron chi connectivity index (χ1n) is 12.7. The van der Waals surface area contributed by atoms with E-state index >= 15 is 0 Å². The number of alkyl halides is 3. The Balaban J connectivity index is 1.56. The van der Waals surface area contributed by atoms with Crippen molar-refractivity contribution in [2.24, 2.45) is 17.8 Å². The molecule has 6 atom stereocenters. The number of phenolic OH excluding ortho intramolecular Hbond substituents is 1. The van der Waals surface area contributed by atoms with E-state index in [1.807, 2.05) is 18.2 Å². The van der Waals surface area contributed by atoms with Gasteiger partial charge in [0.2, 0.25) is 11.8 Å². The lowest BCUT2D eigenvalue weighted by Crippen LogP contribution is -2.60. The molecule has 6 rings (SSSR count). The number of nitrogens with zero attached hydrogens (tertiary/aromatic N) is 2. The van der Waals surface area contributed by atoms with Gasteiger partial charge in [-0.25, -0.2) is 0 Å². The summed E-state index contributed by atoms with van der Waals surface area (Å²) < 4.78 is 6.99. The maximum absolute atomic E-state index is 14.1. The molecule has 0 spiro atoms. The number of carbonyl (C=O) groups excluding carboxylic acids is 4. The number of allylic oxidation sites excluding steroid dienone is 2. The van der Waals surface area contributed by atoms with Crippen molar-refractivity contribution in [2.45, 2.75) is 28.5 Å². The second kappa shape index (κ2) is 10.7. The SMILES string of the molecule is COc1cc(C2C3=CCC4C(=O)N(c5ccc(I)cc5)C(=O)C4C3CC3(Cl)C(=O)N(CBr)C(=O)C23Cl)c(Br)c(Br)c1O. The summed E-state index contributed by atoms with van der Waals surface area (Å²) in [7, 11) is 1.38. The van der Waals surface area contributed by atoms with Crippen LogP contribution in [0.3, 0.4) is 0 Å². The van der Waals surface area contributed by atoms with Gasteiger partial charge in [0, 0.05) is 14.0 Å². The van der Waals surface area contributed by atoms with Crippen LogP contribution in [0.5, 0.6) is 11.5 Å². The van der Waals surface area contributed by atoms with Gasteiger partial charge < -0.3 is 9.84 Å². The number of hydrogen-bond acceptors (Lipinski definition) is 6. The van der Waals surface area contributed by atoms with Gasteiger partial charge in [-0.15, -0.1) is 23.2 Å². The molecule has 1 saturated carbocycles. The lowest BCUT2D eigenvalue weighted by Gasteiger charge is -2.51. The molecule has 6 unspecified atom stereocenters. The van der Waals surface area contributed by atoms with Crippen LogP contribution < -0.4 is 9.64 Å². The Labute approximate surface area is 289 Å². The number of ether oxygens (including phenoxy) is 1. The number of carbonyl (C=O) groups is 4. The molecular formula is C28H20Br3Cl2IN2O6. The summed E-state index contributed by atoms with van der Waals surface area (Å²) in [6, 6.07) is 8.63. The molecule has 2 aromatic rings. The number of halogens is 6. The highest BCUT2D eigenvalue weighted by Gasteiger charge is 2.76. The van der Waals surface area contributed by atoms with Crippen LogP contribution in [-0.4, -0.2) is 55.9 Å². The highest BCUT2D eigenvalue weighted by molar-refractivity contribution is 14.1. The number of fused-ring (bicyclic) bond motifs is 4. The molecule has 2 heterocycles. The van der Waals surface area contributed by atoms with Crippen molar-refractivity contribution in [2.75, 3.05) is 17.5 Å². The molecule has 220 valence electrons. The number of amides is 4. The van der Waals surface area contributed by atoms with Crippen molar-refractivity contribution in [3.05, 3.63) is 60.1 Å². The van der Waals surface area contributed by atoms with Gasteiger partial charge in [-0.1, -0.05) is 27.6 Å². The van der Waals surface area contributed by atoms with Crippen LogP contribution in [0.4, 0.5) is 5.69 Å². The van der Waals surface area contributed by atoms with Crippen LogP contribution in [0.1, 0.15) is 24.3 Å². The van der Waals surface area contributed by atoms with E-state index in [1.165, 1.54) is 12.0 Å². The first-order valence-corrected chi connectivity index (χ1v) is 17.3. The molecule has 14 heteroatoms. The third kappa shape index (κ3) is 4.00. The number of methoxy groups -OCH3 is 1. The van der Waals surface area contributed by atoms with Crippen molar-refractivity contribution >= 4 is 123 Å². The van der Waals surface area contributed by atoms with E-state index in [-0.39, 0.29) is 46.1 Å². The lowest BCUT2D eigenvalue weighted by atomic mass is 9.56. The van der Waals surface area contributed by atoms with Crippen LogP contribution >= 0.6 is 93.6 Å². The minimum absolute atomic E-state index is 0.100. The summed E-state index contributed by atoms with van der Waals surface area (Å²) in [6.07, 6.45) is 1.97.